The molecule has 0 spiro atoms. The van der Waals surface area contributed by atoms with Gasteiger partial charge in [0.25, 0.3) is 5.91 Å². The Morgan fingerprint density at radius 1 is 1.00 bits per heavy atom. The molecular formula is C23H28N2O2. The molecule has 1 aliphatic carbocycles. The van der Waals surface area contributed by atoms with Crippen molar-refractivity contribution in [3.05, 3.63) is 65.7 Å². The van der Waals surface area contributed by atoms with Crippen LogP contribution in [0.3, 0.4) is 0 Å². The van der Waals surface area contributed by atoms with Crippen LogP contribution in [0, 0.1) is 12.8 Å². The van der Waals surface area contributed by atoms with E-state index in [0.717, 1.165) is 43.4 Å². The molecule has 0 saturated heterocycles. The molecule has 0 radical (unpaired) electrons. The minimum Gasteiger partial charge on any atom is -0.356 e. The fourth-order valence-electron chi connectivity index (χ4n) is 3.59. The van der Waals surface area contributed by atoms with Crippen LogP contribution in [-0.2, 0) is 4.79 Å². The summed E-state index contributed by atoms with van der Waals surface area (Å²) < 4.78 is 0. The van der Waals surface area contributed by atoms with E-state index in [2.05, 4.69) is 5.32 Å². The van der Waals surface area contributed by atoms with Gasteiger partial charge in [-0.3, -0.25) is 9.59 Å². The fourth-order valence-corrected chi connectivity index (χ4v) is 3.59. The number of carbonyl (C=O) groups excluding carboxylic acids is 2. The smallest absolute Gasteiger partial charge is 0.258 e. The molecule has 2 aromatic rings. The van der Waals surface area contributed by atoms with E-state index in [1.807, 2.05) is 61.5 Å². The highest BCUT2D eigenvalue weighted by atomic mass is 16.2. The molecule has 1 aliphatic rings. The number of benzene rings is 2. The summed E-state index contributed by atoms with van der Waals surface area (Å²) in [5, 5.41) is 3.04. The zero-order valence-electron chi connectivity index (χ0n) is 16.0. The molecule has 0 bridgehead atoms. The van der Waals surface area contributed by atoms with E-state index in [-0.39, 0.29) is 17.7 Å². The Morgan fingerprint density at radius 3 is 2.33 bits per heavy atom. The Kier molecular flexibility index (Phi) is 6.64. The first-order valence-electron chi connectivity index (χ1n) is 9.86. The first-order valence-corrected chi connectivity index (χ1v) is 9.86. The van der Waals surface area contributed by atoms with Gasteiger partial charge in [0, 0.05) is 30.3 Å². The molecular weight excluding hydrogens is 336 g/mol. The number of carbonyl (C=O) groups is 2. The third kappa shape index (κ3) is 5.19. The number of nitrogens with zero attached hydrogens (tertiary/aromatic N) is 1. The van der Waals surface area contributed by atoms with E-state index in [9.17, 15) is 9.59 Å². The lowest BCUT2D eigenvalue weighted by Crippen LogP contribution is -2.35. The third-order valence-electron chi connectivity index (χ3n) is 5.20. The van der Waals surface area contributed by atoms with Crippen LogP contribution < -0.4 is 10.2 Å². The minimum absolute atomic E-state index is 0.0108. The second-order valence-electron chi connectivity index (χ2n) is 7.28. The molecule has 142 valence electrons. The SMILES string of the molecule is Cc1ccc(C(=O)N(CCCNC(=O)C2CCCC2)c2ccccc2)cc1. The van der Waals surface area contributed by atoms with Gasteiger partial charge in [0.05, 0.1) is 0 Å². The van der Waals surface area contributed by atoms with Crippen LogP contribution in [0.15, 0.2) is 54.6 Å². The van der Waals surface area contributed by atoms with Gasteiger partial charge < -0.3 is 10.2 Å². The maximum absolute atomic E-state index is 13.0. The van der Waals surface area contributed by atoms with Crippen molar-refractivity contribution in [1.82, 2.24) is 5.32 Å². The molecule has 3 rings (SSSR count). The van der Waals surface area contributed by atoms with Gasteiger partial charge in [0.2, 0.25) is 5.91 Å². The molecule has 1 saturated carbocycles. The van der Waals surface area contributed by atoms with Crippen molar-refractivity contribution in [2.24, 2.45) is 5.92 Å². The normalized spacial score (nSPS) is 14.1. The Balaban J connectivity index is 1.61. The van der Waals surface area contributed by atoms with E-state index in [1.165, 1.54) is 0 Å². The fraction of sp³-hybridized carbons (Fsp3) is 0.391. The third-order valence-corrected chi connectivity index (χ3v) is 5.20. The average Bonchev–Trinajstić information content (AvgIpc) is 3.23. The van der Waals surface area contributed by atoms with Gasteiger partial charge in [-0.1, -0.05) is 48.7 Å². The lowest BCUT2D eigenvalue weighted by atomic mass is 10.1. The first kappa shape index (κ1) is 19.2. The van der Waals surface area contributed by atoms with Crippen molar-refractivity contribution in [3.63, 3.8) is 0 Å². The molecule has 27 heavy (non-hydrogen) atoms. The molecule has 0 unspecified atom stereocenters. The predicted molar refractivity (Wildman–Crippen MR) is 109 cm³/mol. The molecule has 1 N–H and O–H groups in total. The second kappa shape index (κ2) is 9.36. The number of nitrogens with one attached hydrogen (secondary N) is 1. The maximum Gasteiger partial charge on any atom is 0.258 e. The molecule has 0 heterocycles. The van der Waals surface area contributed by atoms with Crippen molar-refractivity contribution in [1.29, 1.82) is 0 Å². The van der Waals surface area contributed by atoms with Crippen LogP contribution in [0.25, 0.3) is 0 Å². The van der Waals surface area contributed by atoms with Crippen molar-refractivity contribution >= 4 is 17.5 Å². The Hall–Kier alpha value is -2.62. The summed E-state index contributed by atoms with van der Waals surface area (Å²) >= 11 is 0. The van der Waals surface area contributed by atoms with Gasteiger partial charge in [0.15, 0.2) is 0 Å². The minimum atomic E-state index is -0.0108. The van der Waals surface area contributed by atoms with E-state index in [4.69, 9.17) is 0 Å². The van der Waals surface area contributed by atoms with Crippen LogP contribution in [0.5, 0.6) is 0 Å². The molecule has 4 heteroatoms. The summed E-state index contributed by atoms with van der Waals surface area (Å²) in [6.45, 7) is 3.18. The van der Waals surface area contributed by atoms with Crippen molar-refractivity contribution in [2.75, 3.05) is 18.0 Å². The highest BCUT2D eigenvalue weighted by Gasteiger charge is 2.22. The number of hydrogen-bond donors (Lipinski definition) is 1. The van der Waals surface area contributed by atoms with E-state index < -0.39 is 0 Å². The molecule has 2 amide bonds. The average molecular weight is 364 g/mol. The summed E-state index contributed by atoms with van der Waals surface area (Å²) in [6, 6.07) is 17.4. The molecule has 2 aromatic carbocycles. The summed E-state index contributed by atoms with van der Waals surface area (Å²) in [6.07, 6.45) is 5.06. The highest BCUT2D eigenvalue weighted by molar-refractivity contribution is 6.06. The monoisotopic (exact) mass is 364 g/mol. The Labute approximate surface area is 161 Å². The molecule has 4 nitrogen and oxygen atoms in total. The number of aryl methyl sites for hydroxylation is 1. The van der Waals surface area contributed by atoms with Gasteiger partial charge >= 0.3 is 0 Å². The number of para-hydroxylation sites is 1. The Bertz CT molecular complexity index is 750. The summed E-state index contributed by atoms with van der Waals surface area (Å²) in [5.41, 5.74) is 2.69. The van der Waals surface area contributed by atoms with Crippen LogP contribution in [-0.4, -0.2) is 24.9 Å². The van der Waals surface area contributed by atoms with Gasteiger partial charge in [0.1, 0.15) is 0 Å². The lowest BCUT2D eigenvalue weighted by Gasteiger charge is -2.23. The van der Waals surface area contributed by atoms with Crippen LogP contribution in [0.4, 0.5) is 5.69 Å². The van der Waals surface area contributed by atoms with Crippen LogP contribution in [0.1, 0.15) is 48.0 Å². The van der Waals surface area contributed by atoms with Crippen LogP contribution in [0.2, 0.25) is 0 Å². The van der Waals surface area contributed by atoms with Crippen LogP contribution >= 0.6 is 0 Å². The molecule has 0 atom stereocenters. The number of amides is 2. The standard InChI is InChI=1S/C23H28N2O2/c1-18-12-14-20(15-13-18)23(27)25(21-10-3-2-4-11-21)17-7-16-24-22(26)19-8-5-6-9-19/h2-4,10-15,19H,5-9,16-17H2,1H3,(H,24,26). The molecule has 1 fully saturated rings. The van der Waals surface area contributed by atoms with E-state index >= 15 is 0 Å². The van der Waals surface area contributed by atoms with Gasteiger partial charge in [-0.15, -0.1) is 0 Å². The zero-order valence-corrected chi connectivity index (χ0v) is 16.0. The zero-order chi connectivity index (χ0) is 19.1. The summed E-state index contributed by atoms with van der Waals surface area (Å²) in [7, 11) is 0. The number of hydrogen-bond acceptors (Lipinski definition) is 2. The second-order valence-corrected chi connectivity index (χ2v) is 7.28. The van der Waals surface area contributed by atoms with Gasteiger partial charge in [-0.05, 0) is 50.5 Å². The summed E-state index contributed by atoms with van der Waals surface area (Å²) in [5.74, 6) is 0.344. The lowest BCUT2D eigenvalue weighted by molar-refractivity contribution is -0.124. The quantitative estimate of drug-likeness (QED) is 0.743. The number of rotatable bonds is 7. The van der Waals surface area contributed by atoms with Crippen molar-refractivity contribution in [2.45, 2.75) is 39.0 Å². The van der Waals surface area contributed by atoms with Crippen molar-refractivity contribution < 1.29 is 9.59 Å². The van der Waals surface area contributed by atoms with Gasteiger partial charge in [-0.25, -0.2) is 0 Å². The predicted octanol–water partition coefficient (Wildman–Crippen LogP) is 4.34. The maximum atomic E-state index is 13.0. The molecule has 0 aromatic heterocycles. The first-order chi connectivity index (χ1) is 13.1. The van der Waals surface area contributed by atoms with Gasteiger partial charge in [-0.2, -0.15) is 0 Å². The highest BCUT2D eigenvalue weighted by Crippen LogP contribution is 2.24. The topological polar surface area (TPSA) is 49.4 Å². The van der Waals surface area contributed by atoms with E-state index in [0.29, 0.717) is 18.7 Å². The number of anilines is 1. The molecule has 0 aliphatic heterocycles. The summed E-state index contributed by atoms with van der Waals surface area (Å²) in [4.78, 5) is 27.0. The Morgan fingerprint density at radius 2 is 1.67 bits per heavy atom. The van der Waals surface area contributed by atoms with E-state index in [1.54, 1.807) is 4.90 Å². The van der Waals surface area contributed by atoms with Crippen molar-refractivity contribution in [3.8, 4) is 0 Å². The largest absolute Gasteiger partial charge is 0.356 e.